The van der Waals surface area contributed by atoms with Gasteiger partial charge in [0.05, 0.1) is 21.5 Å². The van der Waals surface area contributed by atoms with E-state index in [9.17, 15) is 9.90 Å². The first-order valence-corrected chi connectivity index (χ1v) is 13.0. The number of halogens is 1. The third-order valence-corrected chi connectivity index (χ3v) is 7.70. The summed E-state index contributed by atoms with van der Waals surface area (Å²) in [5.41, 5.74) is 5.51. The number of carbonyl (C=O) groups is 1. The molecule has 0 bridgehead atoms. The molecule has 1 N–H and O–H groups in total. The summed E-state index contributed by atoms with van der Waals surface area (Å²) in [5.74, 6) is -0.927. The second-order valence-electron chi connectivity index (χ2n) is 10.2. The van der Waals surface area contributed by atoms with Gasteiger partial charge in [-0.05, 0) is 69.5 Å². The maximum Gasteiger partial charge on any atom is 0.337 e. The molecule has 0 saturated heterocycles. The molecule has 2 aromatic carbocycles. The molecule has 186 valence electrons. The standard InChI is InChI=1S/C28H28ClN3O3S/c1-15-13-21-25(36-26(30-21)18-7-6-8-20-19(18)14-32(5)31-20)23(16-9-11-17(29)12-10-16)22(15)24(27(33)34)35-28(2,3)4/h6,8-14,18,24H,7H2,1-5H3,(H,33,34)/t18?,24-/m0/s1. The van der Waals surface area contributed by atoms with Gasteiger partial charge in [-0.1, -0.05) is 29.8 Å². The van der Waals surface area contributed by atoms with Crippen LogP contribution in [0.2, 0.25) is 5.02 Å². The van der Waals surface area contributed by atoms with Crippen LogP contribution in [0.3, 0.4) is 0 Å². The zero-order valence-corrected chi connectivity index (χ0v) is 22.4. The maximum atomic E-state index is 12.5. The molecule has 0 saturated carbocycles. The van der Waals surface area contributed by atoms with Crippen molar-refractivity contribution in [1.29, 1.82) is 0 Å². The molecule has 2 heterocycles. The molecule has 0 radical (unpaired) electrons. The van der Waals surface area contributed by atoms with E-state index in [1.54, 1.807) is 11.3 Å². The third kappa shape index (κ3) is 4.59. The van der Waals surface area contributed by atoms with Crippen molar-refractivity contribution >= 4 is 45.2 Å². The number of nitrogens with zero attached hydrogens (tertiary/aromatic N) is 3. The van der Waals surface area contributed by atoms with Gasteiger partial charge in [-0.2, -0.15) is 5.10 Å². The van der Waals surface area contributed by atoms with E-state index < -0.39 is 17.7 Å². The molecule has 1 aliphatic carbocycles. The molecule has 8 heteroatoms. The van der Waals surface area contributed by atoms with Crippen molar-refractivity contribution in [1.82, 2.24) is 14.8 Å². The molecule has 1 aliphatic rings. The minimum absolute atomic E-state index is 0.0963. The average molecular weight is 522 g/mol. The van der Waals surface area contributed by atoms with Crippen LogP contribution in [-0.2, 0) is 16.6 Å². The molecule has 4 aromatic rings. The van der Waals surface area contributed by atoms with Crippen LogP contribution < -0.4 is 0 Å². The molecule has 2 atom stereocenters. The van der Waals surface area contributed by atoms with Gasteiger partial charge in [-0.3, -0.25) is 4.68 Å². The Labute approximate surface area is 219 Å². The number of fused-ring (bicyclic) bond motifs is 2. The predicted molar refractivity (Wildman–Crippen MR) is 145 cm³/mol. The van der Waals surface area contributed by atoms with Crippen LogP contribution in [0.1, 0.15) is 66.6 Å². The summed E-state index contributed by atoms with van der Waals surface area (Å²) in [7, 11) is 1.93. The normalized spacial score (nSPS) is 16.3. The minimum Gasteiger partial charge on any atom is -0.479 e. The highest BCUT2D eigenvalue weighted by atomic mass is 35.5. The Morgan fingerprint density at radius 2 is 2.00 bits per heavy atom. The van der Waals surface area contributed by atoms with E-state index in [4.69, 9.17) is 21.3 Å². The van der Waals surface area contributed by atoms with Gasteiger partial charge in [0.25, 0.3) is 0 Å². The van der Waals surface area contributed by atoms with Gasteiger partial charge < -0.3 is 9.84 Å². The highest BCUT2D eigenvalue weighted by molar-refractivity contribution is 7.19. The molecule has 0 aliphatic heterocycles. The highest BCUT2D eigenvalue weighted by Gasteiger charge is 2.33. The number of ether oxygens (including phenoxy) is 1. The lowest BCUT2D eigenvalue weighted by Crippen LogP contribution is -2.28. The van der Waals surface area contributed by atoms with Gasteiger partial charge in [-0.15, -0.1) is 11.3 Å². The summed E-state index contributed by atoms with van der Waals surface area (Å²) in [5, 5.41) is 16.4. The van der Waals surface area contributed by atoms with E-state index in [0.717, 1.165) is 49.6 Å². The van der Waals surface area contributed by atoms with E-state index in [0.29, 0.717) is 10.6 Å². The Morgan fingerprint density at radius 3 is 2.67 bits per heavy atom. The SMILES string of the molecule is Cc1cc2nc(C3CC=Cc4nn(C)cc43)sc2c(-c2ccc(Cl)cc2)c1[C@H](OC(C)(C)C)C(=O)O. The first-order chi connectivity index (χ1) is 17.0. The molecule has 36 heavy (non-hydrogen) atoms. The van der Waals surface area contributed by atoms with Crippen LogP contribution in [0, 0.1) is 6.92 Å². The molecular weight excluding hydrogens is 494 g/mol. The number of aromatic nitrogens is 3. The van der Waals surface area contributed by atoms with Crippen molar-refractivity contribution in [2.24, 2.45) is 7.05 Å². The third-order valence-electron chi connectivity index (χ3n) is 6.24. The van der Waals surface area contributed by atoms with E-state index >= 15 is 0 Å². The van der Waals surface area contributed by atoms with Gasteiger partial charge in [0.1, 0.15) is 5.01 Å². The summed E-state index contributed by atoms with van der Waals surface area (Å²) < 4.78 is 8.89. The van der Waals surface area contributed by atoms with E-state index in [2.05, 4.69) is 23.4 Å². The van der Waals surface area contributed by atoms with Crippen molar-refractivity contribution in [2.75, 3.05) is 0 Å². The fourth-order valence-corrected chi connectivity index (χ4v) is 6.19. The number of aliphatic carboxylic acids is 1. The Bertz CT molecular complexity index is 1500. The summed E-state index contributed by atoms with van der Waals surface area (Å²) in [6.07, 6.45) is 5.96. The van der Waals surface area contributed by atoms with Crippen LogP contribution in [0.15, 0.2) is 42.6 Å². The fraction of sp³-hybridized carbons (Fsp3) is 0.321. The lowest BCUT2D eigenvalue weighted by molar-refractivity contribution is -0.160. The van der Waals surface area contributed by atoms with Crippen LogP contribution in [0.25, 0.3) is 27.4 Å². The first-order valence-electron chi connectivity index (χ1n) is 11.8. The van der Waals surface area contributed by atoms with Crippen molar-refractivity contribution in [3.05, 3.63) is 75.0 Å². The number of benzene rings is 2. The summed E-state index contributed by atoms with van der Waals surface area (Å²) in [6.45, 7) is 7.53. The Hall–Kier alpha value is -3.00. The fourth-order valence-electron chi connectivity index (χ4n) is 4.80. The van der Waals surface area contributed by atoms with Crippen molar-refractivity contribution < 1.29 is 14.6 Å². The number of hydrogen-bond donors (Lipinski definition) is 1. The number of aryl methyl sites for hydroxylation is 2. The average Bonchev–Trinajstić information content (AvgIpc) is 3.38. The Balaban J connectivity index is 1.76. The summed E-state index contributed by atoms with van der Waals surface area (Å²) >= 11 is 7.81. The minimum atomic E-state index is -1.13. The number of thiazole rings is 1. The number of allylic oxidation sites excluding steroid dienone is 1. The topological polar surface area (TPSA) is 77.2 Å². The molecule has 1 unspecified atom stereocenters. The molecule has 5 rings (SSSR count). The number of rotatable bonds is 5. The molecule has 0 amide bonds. The molecule has 6 nitrogen and oxygen atoms in total. The van der Waals surface area contributed by atoms with Gasteiger partial charge in [0.15, 0.2) is 6.10 Å². The monoisotopic (exact) mass is 521 g/mol. The zero-order valence-electron chi connectivity index (χ0n) is 20.9. The lowest BCUT2D eigenvalue weighted by atomic mass is 9.91. The van der Waals surface area contributed by atoms with Crippen molar-refractivity contribution in [2.45, 2.75) is 51.7 Å². The molecule has 0 spiro atoms. The van der Waals surface area contributed by atoms with Gasteiger partial charge in [0, 0.05) is 40.9 Å². The summed E-state index contributed by atoms with van der Waals surface area (Å²) in [6, 6.07) is 9.49. The molecule has 0 fully saturated rings. The van der Waals surface area contributed by atoms with Gasteiger partial charge >= 0.3 is 5.97 Å². The number of hydrogen-bond acceptors (Lipinski definition) is 5. The molecular formula is C28H28ClN3O3S. The Morgan fingerprint density at radius 1 is 1.28 bits per heavy atom. The van der Waals surface area contributed by atoms with Crippen LogP contribution in [-0.4, -0.2) is 31.4 Å². The Kier molecular flexibility index (Phi) is 6.27. The van der Waals surface area contributed by atoms with Crippen LogP contribution in [0.4, 0.5) is 0 Å². The smallest absolute Gasteiger partial charge is 0.337 e. The zero-order chi connectivity index (χ0) is 25.8. The predicted octanol–water partition coefficient (Wildman–Crippen LogP) is 7.15. The van der Waals surface area contributed by atoms with Crippen LogP contribution in [0.5, 0.6) is 0 Å². The molecule has 2 aromatic heterocycles. The van der Waals surface area contributed by atoms with Crippen molar-refractivity contribution in [3.8, 4) is 11.1 Å². The quantitative estimate of drug-likeness (QED) is 0.302. The van der Waals surface area contributed by atoms with E-state index in [-0.39, 0.29) is 5.92 Å². The second-order valence-corrected chi connectivity index (χ2v) is 11.6. The first kappa shape index (κ1) is 24.7. The van der Waals surface area contributed by atoms with Crippen LogP contribution >= 0.6 is 22.9 Å². The largest absolute Gasteiger partial charge is 0.479 e. The van der Waals surface area contributed by atoms with E-state index in [1.807, 2.05) is 69.8 Å². The highest BCUT2D eigenvalue weighted by Crippen LogP contribution is 2.45. The lowest BCUT2D eigenvalue weighted by Gasteiger charge is -2.28. The number of carboxylic acid groups (broad SMARTS) is 1. The second kappa shape index (κ2) is 9.14. The number of carboxylic acids is 1. The van der Waals surface area contributed by atoms with Gasteiger partial charge in [0.2, 0.25) is 0 Å². The van der Waals surface area contributed by atoms with E-state index in [1.165, 1.54) is 0 Å². The summed E-state index contributed by atoms with van der Waals surface area (Å²) in [4.78, 5) is 17.6. The van der Waals surface area contributed by atoms with Crippen molar-refractivity contribution in [3.63, 3.8) is 0 Å². The maximum absolute atomic E-state index is 12.5. The van der Waals surface area contributed by atoms with Gasteiger partial charge in [-0.25, -0.2) is 9.78 Å².